The van der Waals surface area contributed by atoms with E-state index in [9.17, 15) is 40.7 Å². The summed E-state index contributed by atoms with van der Waals surface area (Å²) in [5.74, 6) is -5.00. The Labute approximate surface area is 166 Å². The van der Waals surface area contributed by atoms with Crippen molar-refractivity contribution in [3.63, 3.8) is 0 Å². The molecule has 0 aliphatic rings. The van der Waals surface area contributed by atoms with E-state index in [-0.39, 0.29) is 0 Å². The third kappa shape index (κ3) is 5.91. The molecule has 1 atom stereocenters. The van der Waals surface area contributed by atoms with Crippen molar-refractivity contribution in [1.82, 2.24) is 0 Å². The highest BCUT2D eigenvalue weighted by atomic mass is 19.4. The Morgan fingerprint density at radius 3 is 1.70 bits per heavy atom. The van der Waals surface area contributed by atoms with E-state index in [0.29, 0.717) is 12.1 Å². The SMILES string of the molecule is O=C(O)CC(CC(=O)c1cccc(C(F)(F)F)c1)C(=O)c1cccc(C(F)(F)F)c1. The van der Waals surface area contributed by atoms with Gasteiger partial charge in [0, 0.05) is 23.5 Å². The van der Waals surface area contributed by atoms with Gasteiger partial charge in [0.2, 0.25) is 0 Å². The molecule has 0 aliphatic carbocycles. The number of carboxylic acids is 1. The monoisotopic (exact) mass is 432 g/mol. The van der Waals surface area contributed by atoms with Crippen LogP contribution in [0.4, 0.5) is 26.3 Å². The van der Waals surface area contributed by atoms with Crippen molar-refractivity contribution in [3.05, 3.63) is 70.8 Å². The van der Waals surface area contributed by atoms with E-state index >= 15 is 0 Å². The molecule has 160 valence electrons. The molecule has 0 bridgehead atoms. The largest absolute Gasteiger partial charge is 0.481 e. The summed E-state index contributed by atoms with van der Waals surface area (Å²) in [4.78, 5) is 36.1. The third-order valence-electron chi connectivity index (χ3n) is 4.21. The maximum atomic E-state index is 12.9. The van der Waals surface area contributed by atoms with Gasteiger partial charge in [0.05, 0.1) is 17.5 Å². The third-order valence-corrected chi connectivity index (χ3v) is 4.21. The van der Waals surface area contributed by atoms with Gasteiger partial charge in [-0.05, 0) is 24.3 Å². The second kappa shape index (κ2) is 8.68. The van der Waals surface area contributed by atoms with Gasteiger partial charge in [-0.25, -0.2) is 0 Å². The molecule has 30 heavy (non-hydrogen) atoms. The average Bonchev–Trinajstić information content (AvgIpc) is 2.65. The highest BCUT2D eigenvalue weighted by Gasteiger charge is 2.33. The molecule has 0 spiro atoms. The fourth-order valence-corrected chi connectivity index (χ4v) is 2.76. The average molecular weight is 432 g/mol. The van der Waals surface area contributed by atoms with Crippen molar-refractivity contribution in [2.24, 2.45) is 5.92 Å². The molecule has 1 N–H and O–H groups in total. The minimum atomic E-state index is -4.74. The van der Waals surface area contributed by atoms with Crippen LogP contribution >= 0.6 is 0 Å². The topological polar surface area (TPSA) is 71.4 Å². The predicted molar refractivity (Wildman–Crippen MR) is 91.9 cm³/mol. The molecule has 0 fully saturated rings. The maximum absolute atomic E-state index is 12.9. The second-order valence-corrected chi connectivity index (χ2v) is 6.44. The zero-order valence-electron chi connectivity index (χ0n) is 15.1. The Balaban J connectivity index is 2.32. The van der Waals surface area contributed by atoms with E-state index in [1.165, 1.54) is 0 Å². The summed E-state index contributed by atoms with van der Waals surface area (Å²) in [7, 11) is 0. The van der Waals surface area contributed by atoms with Crippen LogP contribution in [0.3, 0.4) is 0 Å². The molecule has 2 aromatic carbocycles. The molecule has 2 aromatic rings. The molecule has 10 heteroatoms. The molecule has 1 unspecified atom stereocenters. The number of carbonyl (C=O) groups is 3. The number of halogens is 6. The van der Waals surface area contributed by atoms with E-state index in [0.717, 1.165) is 36.4 Å². The number of ketones is 2. The van der Waals surface area contributed by atoms with Gasteiger partial charge in [-0.15, -0.1) is 0 Å². The van der Waals surface area contributed by atoms with Crippen LogP contribution < -0.4 is 0 Å². The van der Waals surface area contributed by atoms with E-state index in [2.05, 4.69) is 0 Å². The van der Waals surface area contributed by atoms with Gasteiger partial charge < -0.3 is 5.11 Å². The summed E-state index contributed by atoms with van der Waals surface area (Å²) in [6, 6.07) is 6.61. The molecular weight excluding hydrogens is 418 g/mol. The lowest BCUT2D eigenvalue weighted by Crippen LogP contribution is -2.22. The van der Waals surface area contributed by atoms with Gasteiger partial charge >= 0.3 is 18.3 Å². The normalized spacial score (nSPS) is 13.0. The van der Waals surface area contributed by atoms with Gasteiger partial charge in [-0.1, -0.05) is 24.3 Å². The van der Waals surface area contributed by atoms with Crippen LogP contribution in [0.1, 0.15) is 44.7 Å². The van der Waals surface area contributed by atoms with Crippen molar-refractivity contribution in [2.45, 2.75) is 25.2 Å². The second-order valence-electron chi connectivity index (χ2n) is 6.44. The van der Waals surface area contributed by atoms with Gasteiger partial charge in [0.15, 0.2) is 11.6 Å². The number of hydrogen-bond donors (Lipinski definition) is 1. The van der Waals surface area contributed by atoms with Gasteiger partial charge in [0.25, 0.3) is 0 Å². The number of Topliss-reactive ketones (excluding diaryl/α,β-unsaturated/α-hetero) is 2. The van der Waals surface area contributed by atoms with Crippen molar-refractivity contribution in [3.8, 4) is 0 Å². The summed E-state index contributed by atoms with van der Waals surface area (Å²) in [5.41, 5.74) is -3.08. The predicted octanol–water partition coefficient (Wildman–Crippen LogP) is 5.27. The lowest BCUT2D eigenvalue weighted by atomic mass is 9.87. The van der Waals surface area contributed by atoms with Gasteiger partial charge in [-0.2, -0.15) is 26.3 Å². The number of carboxylic acid groups (broad SMARTS) is 1. The summed E-state index contributed by atoms with van der Waals surface area (Å²) < 4.78 is 77.0. The number of rotatable bonds is 7. The Hall–Kier alpha value is -3.17. The van der Waals surface area contributed by atoms with Crippen molar-refractivity contribution >= 4 is 17.5 Å². The number of hydrogen-bond acceptors (Lipinski definition) is 3. The van der Waals surface area contributed by atoms with Gasteiger partial charge in [0.1, 0.15) is 0 Å². The molecule has 0 radical (unpaired) electrons. The smallest absolute Gasteiger partial charge is 0.416 e. The van der Waals surface area contributed by atoms with Crippen LogP contribution in [0.5, 0.6) is 0 Å². The summed E-state index contributed by atoms with van der Waals surface area (Å²) in [6.45, 7) is 0. The summed E-state index contributed by atoms with van der Waals surface area (Å²) in [6.07, 6.45) is -11.1. The number of alkyl halides is 6. The Kier molecular flexibility index (Phi) is 6.69. The molecule has 0 aromatic heterocycles. The fraction of sp³-hybridized carbons (Fsp3) is 0.250. The molecule has 2 rings (SSSR count). The highest BCUT2D eigenvalue weighted by Crippen LogP contribution is 2.32. The first-order valence-corrected chi connectivity index (χ1v) is 8.42. The number of carbonyl (C=O) groups excluding carboxylic acids is 2. The quantitative estimate of drug-likeness (QED) is 0.478. The molecule has 4 nitrogen and oxygen atoms in total. The van der Waals surface area contributed by atoms with Crippen LogP contribution in [-0.4, -0.2) is 22.6 Å². The minimum Gasteiger partial charge on any atom is -0.481 e. The summed E-state index contributed by atoms with van der Waals surface area (Å²) >= 11 is 0. The van der Waals surface area contributed by atoms with Crippen molar-refractivity contribution in [2.75, 3.05) is 0 Å². The van der Waals surface area contributed by atoms with Crippen molar-refractivity contribution in [1.29, 1.82) is 0 Å². The van der Waals surface area contributed by atoms with Crippen LogP contribution in [0.25, 0.3) is 0 Å². The van der Waals surface area contributed by atoms with E-state index in [1.54, 1.807) is 0 Å². The summed E-state index contributed by atoms with van der Waals surface area (Å²) in [5, 5.41) is 9.01. The maximum Gasteiger partial charge on any atom is 0.416 e. The zero-order valence-corrected chi connectivity index (χ0v) is 15.1. The first-order chi connectivity index (χ1) is 13.8. The Morgan fingerprint density at radius 1 is 0.767 bits per heavy atom. The van der Waals surface area contributed by atoms with Gasteiger partial charge in [-0.3, -0.25) is 14.4 Å². The number of aliphatic carboxylic acids is 1. The van der Waals surface area contributed by atoms with E-state index in [1.807, 2.05) is 0 Å². The Morgan fingerprint density at radius 2 is 1.23 bits per heavy atom. The van der Waals surface area contributed by atoms with E-state index in [4.69, 9.17) is 5.11 Å². The zero-order chi connectivity index (χ0) is 22.7. The first-order valence-electron chi connectivity index (χ1n) is 8.42. The van der Waals surface area contributed by atoms with Crippen LogP contribution in [0.15, 0.2) is 48.5 Å². The Bertz CT molecular complexity index is 962. The fourth-order valence-electron chi connectivity index (χ4n) is 2.76. The molecule has 0 amide bonds. The molecule has 0 heterocycles. The first kappa shape index (κ1) is 23.1. The van der Waals surface area contributed by atoms with Crippen LogP contribution in [-0.2, 0) is 17.1 Å². The van der Waals surface area contributed by atoms with Crippen molar-refractivity contribution < 1.29 is 45.8 Å². The molecular formula is C20H14F6O4. The molecule has 0 saturated heterocycles. The standard InChI is InChI=1S/C20H14F6O4/c21-19(22,23)14-5-1-3-11(7-14)16(27)9-13(10-17(28)29)18(30)12-4-2-6-15(8-12)20(24,25)26/h1-8,13H,9-10H2,(H,28,29). The minimum absolute atomic E-state index is 0.392. The molecule has 0 aliphatic heterocycles. The van der Waals surface area contributed by atoms with Crippen LogP contribution in [0.2, 0.25) is 0 Å². The molecule has 0 saturated carbocycles. The van der Waals surface area contributed by atoms with E-state index < -0.39 is 70.9 Å². The number of benzene rings is 2. The highest BCUT2D eigenvalue weighted by molar-refractivity contribution is 6.04. The lowest BCUT2D eigenvalue weighted by molar-refractivity contribution is -0.138. The van der Waals surface area contributed by atoms with Crippen LogP contribution in [0, 0.1) is 5.92 Å². The lowest BCUT2D eigenvalue weighted by Gasteiger charge is -2.15.